The van der Waals surface area contributed by atoms with Gasteiger partial charge in [-0.15, -0.1) is 11.3 Å². The van der Waals surface area contributed by atoms with E-state index >= 15 is 0 Å². The van der Waals surface area contributed by atoms with Gasteiger partial charge < -0.3 is 24.2 Å². The maximum atomic E-state index is 13.8. The van der Waals surface area contributed by atoms with Crippen LogP contribution >= 0.6 is 11.3 Å². The molecule has 1 saturated heterocycles. The van der Waals surface area contributed by atoms with Gasteiger partial charge in [-0.25, -0.2) is 4.98 Å². The summed E-state index contributed by atoms with van der Waals surface area (Å²) < 4.78 is 17.0. The number of thiazole rings is 1. The van der Waals surface area contributed by atoms with Gasteiger partial charge in [0.05, 0.1) is 54.1 Å². The molecule has 2 aromatic rings. The van der Waals surface area contributed by atoms with Crippen LogP contribution in [-0.2, 0) is 9.53 Å². The number of carbonyl (C=O) groups is 2. The Labute approximate surface area is 228 Å². The number of hydrogen-bond donors (Lipinski definition) is 1. The average Bonchev–Trinajstić information content (AvgIpc) is 3.37. The minimum absolute atomic E-state index is 0.0750. The Morgan fingerprint density at radius 2 is 1.95 bits per heavy atom. The van der Waals surface area contributed by atoms with Crippen molar-refractivity contribution in [3.63, 3.8) is 0 Å². The molecular weight excluding hydrogens is 506 g/mol. The number of ketones is 1. The lowest BCUT2D eigenvalue weighted by Crippen LogP contribution is -2.39. The van der Waals surface area contributed by atoms with Crippen molar-refractivity contribution in [1.29, 1.82) is 0 Å². The molecule has 0 aliphatic carbocycles. The number of aromatic nitrogens is 1. The largest absolute Gasteiger partial charge is 0.503 e. The van der Waals surface area contributed by atoms with Crippen LogP contribution in [0.1, 0.15) is 52.2 Å². The van der Waals surface area contributed by atoms with E-state index in [1.165, 1.54) is 11.3 Å². The summed E-state index contributed by atoms with van der Waals surface area (Å²) in [7, 11) is 1.56. The predicted octanol–water partition coefficient (Wildman–Crippen LogP) is 4.10. The van der Waals surface area contributed by atoms with E-state index in [1.807, 2.05) is 13.0 Å². The zero-order valence-electron chi connectivity index (χ0n) is 22.8. The number of rotatable bonds is 11. The molecule has 1 fully saturated rings. The third-order valence-electron chi connectivity index (χ3n) is 6.71. The molecule has 1 N–H and O–H groups in total. The first kappa shape index (κ1) is 28.1. The number of Topliss-reactive ketones (excluding diaryl/α,β-unsaturated/α-hetero) is 1. The van der Waals surface area contributed by atoms with E-state index in [0.717, 1.165) is 24.6 Å². The Morgan fingerprint density at radius 3 is 2.58 bits per heavy atom. The molecule has 10 heteroatoms. The van der Waals surface area contributed by atoms with Crippen LogP contribution in [0.2, 0.25) is 0 Å². The van der Waals surface area contributed by atoms with Crippen molar-refractivity contribution < 1.29 is 28.9 Å². The zero-order valence-corrected chi connectivity index (χ0v) is 23.6. The topological polar surface area (TPSA) is 101 Å². The molecule has 1 aromatic heterocycles. The summed E-state index contributed by atoms with van der Waals surface area (Å²) in [6, 6.07) is 4.67. The summed E-state index contributed by atoms with van der Waals surface area (Å²) in [4.78, 5) is 35.9. The molecule has 0 spiro atoms. The van der Waals surface area contributed by atoms with Crippen LogP contribution in [0.3, 0.4) is 0 Å². The summed E-state index contributed by atoms with van der Waals surface area (Å²) in [5.74, 6) is 0.00647. The highest BCUT2D eigenvalue weighted by atomic mass is 32.1. The molecule has 4 rings (SSSR count). The predicted molar refractivity (Wildman–Crippen MR) is 145 cm³/mol. The van der Waals surface area contributed by atoms with E-state index in [9.17, 15) is 14.7 Å². The second-order valence-corrected chi connectivity index (χ2v) is 11.3. The number of ether oxygens (including phenoxy) is 3. The smallest absolute Gasteiger partial charge is 0.290 e. The molecule has 1 unspecified atom stereocenters. The van der Waals surface area contributed by atoms with Crippen LogP contribution in [-0.4, -0.2) is 84.7 Å². The van der Waals surface area contributed by atoms with Crippen LogP contribution < -0.4 is 9.47 Å². The van der Waals surface area contributed by atoms with E-state index < -0.39 is 17.7 Å². The molecule has 206 valence electrons. The molecule has 38 heavy (non-hydrogen) atoms. The lowest BCUT2D eigenvalue weighted by atomic mass is 9.94. The Morgan fingerprint density at radius 1 is 1.21 bits per heavy atom. The number of benzene rings is 1. The van der Waals surface area contributed by atoms with Crippen LogP contribution in [0.15, 0.2) is 29.5 Å². The Kier molecular flexibility index (Phi) is 9.07. The average molecular weight is 544 g/mol. The van der Waals surface area contributed by atoms with Gasteiger partial charge in [0, 0.05) is 26.2 Å². The Bertz CT molecular complexity index is 1200. The van der Waals surface area contributed by atoms with E-state index in [-0.39, 0.29) is 11.4 Å². The second-order valence-electron chi connectivity index (χ2n) is 10.1. The summed E-state index contributed by atoms with van der Waals surface area (Å²) in [5, 5.41) is 11.8. The first-order valence-corrected chi connectivity index (χ1v) is 13.9. The first-order chi connectivity index (χ1) is 18.2. The van der Waals surface area contributed by atoms with Crippen LogP contribution in [0, 0.1) is 19.8 Å². The number of morpholine rings is 1. The van der Waals surface area contributed by atoms with E-state index in [2.05, 4.69) is 23.7 Å². The molecule has 2 aliphatic heterocycles. The van der Waals surface area contributed by atoms with Crippen molar-refractivity contribution in [3.8, 4) is 11.5 Å². The Balaban J connectivity index is 1.67. The van der Waals surface area contributed by atoms with Crippen LogP contribution in [0.4, 0.5) is 0 Å². The lowest BCUT2D eigenvalue weighted by Gasteiger charge is -2.30. The number of nitrogens with zero attached hydrogens (tertiary/aromatic N) is 3. The molecule has 9 nitrogen and oxygen atoms in total. The summed E-state index contributed by atoms with van der Waals surface area (Å²) in [5.41, 5.74) is 1.33. The monoisotopic (exact) mass is 543 g/mol. The molecule has 0 bridgehead atoms. The number of aliphatic hydroxyl groups is 1. The summed E-state index contributed by atoms with van der Waals surface area (Å²) >= 11 is 1.27. The molecule has 3 heterocycles. The van der Waals surface area contributed by atoms with Gasteiger partial charge in [-0.05, 0) is 43.9 Å². The zero-order chi connectivity index (χ0) is 27.4. The molecular formula is C28H37N3O6S. The summed E-state index contributed by atoms with van der Waals surface area (Å²) in [6.45, 7) is 12.5. The molecule has 1 aromatic carbocycles. The fraction of sp³-hybridized carbons (Fsp3) is 0.536. The number of hydrogen-bond acceptors (Lipinski definition) is 9. The Hall–Kier alpha value is -2.95. The van der Waals surface area contributed by atoms with Crippen LogP contribution in [0.25, 0.3) is 0 Å². The second kappa shape index (κ2) is 12.3. The van der Waals surface area contributed by atoms with Gasteiger partial charge in [-0.1, -0.05) is 19.9 Å². The highest BCUT2D eigenvalue weighted by Crippen LogP contribution is 2.42. The highest BCUT2D eigenvalue weighted by Gasteiger charge is 2.44. The number of methoxy groups -OCH3 is 1. The van der Waals surface area contributed by atoms with Gasteiger partial charge in [-0.3, -0.25) is 14.5 Å². The van der Waals surface area contributed by atoms with Crippen molar-refractivity contribution in [2.45, 2.75) is 40.2 Å². The van der Waals surface area contributed by atoms with Crippen molar-refractivity contribution in [1.82, 2.24) is 14.8 Å². The van der Waals surface area contributed by atoms with Crippen molar-refractivity contribution in [3.05, 3.63) is 50.7 Å². The van der Waals surface area contributed by atoms with E-state index in [4.69, 9.17) is 14.2 Å². The van der Waals surface area contributed by atoms with Crippen molar-refractivity contribution in [2.75, 3.05) is 53.1 Å². The standard InChI is InChI=1S/C28H37N3O6S/c1-17(2)16-37-21-8-7-20(15-22(21)35-5)24-23(25(32)27-18(3)29-19(4)38-27)26(33)28(34)31(24)10-6-9-30-11-13-36-14-12-30/h7-8,15,17,24,33H,6,9-14,16H2,1-5H3. The first-order valence-electron chi connectivity index (χ1n) is 13.0. The number of amides is 1. The fourth-order valence-corrected chi connectivity index (χ4v) is 5.72. The number of carbonyl (C=O) groups excluding carboxylic acids is 2. The molecule has 2 aliphatic rings. The van der Waals surface area contributed by atoms with Gasteiger partial charge in [0.25, 0.3) is 5.91 Å². The SMILES string of the molecule is COc1cc(C2C(C(=O)c3sc(C)nc3C)=C(O)C(=O)N2CCCN2CCOCC2)ccc1OCC(C)C. The minimum atomic E-state index is -0.755. The quantitative estimate of drug-likeness (QED) is 0.423. The number of aryl methyl sites for hydroxylation is 2. The van der Waals surface area contributed by atoms with E-state index in [1.54, 1.807) is 31.1 Å². The maximum Gasteiger partial charge on any atom is 0.290 e. The molecule has 0 saturated carbocycles. The normalized spacial score (nSPS) is 18.5. The third-order valence-corrected chi connectivity index (χ3v) is 7.78. The van der Waals surface area contributed by atoms with Crippen molar-refractivity contribution in [2.24, 2.45) is 5.92 Å². The van der Waals surface area contributed by atoms with Gasteiger partial charge in [0.15, 0.2) is 17.3 Å². The van der Waals surface area contributed by atoms with Crippen LogP contribution in [0.5, 0.6) is 11.5 Å². The third kappa shape index (κ3) is 6.03. The lowest BCUT2D eigenvalue weighted by molar-refractivity contribution is -0.129. The molecule has 0 radical (unpaired) electrons. The van der Waals surface area contributed by atoms with E-state index in [0.29, 0.717) is 66.3 Å². The minimum Gasteiger partial charge on any atom is -0.503 e. The highest BCUT2D eigenvalue weighted by molar-refractivity contribution is 7.14. The molecule has 1 atom stereocenters. The summed E-state index contributed by atoms with van der Waals surface area (Å²) in [6.07, 6.45) is 0.697. The molecule has 1 amide bonds. The van der Waals surface area contributed by atoms with Gasteiger partial charge in [-0.2, -0.15) is 0 Å². The maximum absolute atomic E-state index is 13.8. The number of aliphatic hydroxyl groups excluding tert-OH is 1. The fourth-order valence-electron chi connectivity index (χ4n) is 4.85. The van der Waals surface area contributed by atoms with Crippen molar-refractivity contribution >= 4 is 23.0 Å². The van der Waals surface area contributed by atoms with Gasteiger partial charge in [0.1, 0.15) is 0 Å². The van der Waals surface area contributed by atoms with Gasteiger partial charge >= 0.3 is 0 Å². The van der Waals surface area contributed by atoms with Gasteiger partial charge in [0.2, 0.25) is 5.78 Å².